The molecule has 1 aromatic heterocycles. The summed E-state index contributed by atoms with van der Waals surface area (Å²) >= 11 is 0. The highest BCUT2D eigenvalue weighted by molar-refractivity contribution is 5.93. The maximum Gasteiger partial charge on any atom is 0.255 e. The summed E-state index contributed by atoms with van der Waals surface area (Å²) in [5, 5.41) is 0. The van der Waals surface area contributed by atoms with Crippen LogP contribution in [0.15, 0.2) is 24.5 Å². The monoisotopic (exact) mass is 305 g/mol. The Hall–Kier alpha value is -0.840. The van der Waals surface area contributed by atoms with Crippen molar-refractivity contribution < 1.29 is 4.79 Å². The molecule has 2 unspecified atom stereocenters. The quantitative estimate of drug-likeness (QED) is 0.910. The van der Waals surface area contributed by atoms with Gasteiger partial charge in [0, 0.05) is 31.5 Å². The van der Waals surface area contributed by atoms with Gasteiger partial charge in [0.2, 0.25) is 0 Å². The second-order valence-corrected chi connectivity index (χ2v) is 4.75. The summed E-state index contributed by atoms with van der Waals surface area (Å²) in [6, 6.07) is 3.75. The fourth-order valence-corrected chi connectivity index (χ4v) is 2.30. The summed E-state index contributed by atoms with van der Waals surface area (Å²) in [7, 11) is 0. The minimum absolute atomic E-state index is 0. The van der Waals surface area contributed by atoms with Crippen molar-refractivity contribution >= 4 is 30.7 Å². The summed E-state index contributed by atoms with van der Waals surface area (Å²) in [5.41, 5.74) is 6.58. The van der Waals surface area contributed by atoms with Gasteiger partial charge >= 0.3 is 0 Å². The average molecular weight is 306 g/mol. The van der Waals surface area contributed by atoms with Crippen molar-refractivity contribution in [3.63, 3.8) is 0 Å². The number of pyridine rings is 1. The van der Waals surface area contributed by atoms with Crippen LogP contribution in [0.2, 0.25) is 0 Å². The first kappa shape index (κ1) is 18.2. The number of rotatable bonds is 2. The average Bonchev–Trinajstić information content (AvgIpc) is 2.39. The summed E-state index contributed by atoms with van der Waals surface area (Å²) in [6.07, 6.45) is 5.46. The molecular formula is C13H21Cl2N3O. The molecule has 1 fully saturated rings. The van der Waals surface area contributed by atoms with Crippen molar-refractivity contribution in [1.29, 1.82) is 0 Å². The van der Waals surface area contributed by atoms with Crippen LogP contribution in [0.1, 0.15) is 30.1 Å². The normalized spacial score (nSPS) is 19.9. The Labute approximate surface area is 126 Å². The molecule has 6 heteroatoms. The molecule has 1 aromatic rings. The first-order valence-electron chi connectivity index (χ1n) is 6.13. The SMILES string of the molecule is CC(N)C1CCCN(C(=O)c2cccnc2)C1.Cl.Cl. The van der Waals surface area contributed by atoms with Gasteiger partial charge in [-0.25, -0.2) is 0 Å². The molecule has 0 saturated carbocycles. The molecule has 0 bridgehead atoms. The topological polar surface area (TPSA) is 59.2 Å². The lowest BCUT2D eigenvalue weighted by Gasteiger charge is -2.34. The van der Waals surface area contributed by atoms with Crippen LogP contribution in [-0.2, 0) is 0 Å². The molecule has 0 radical (unpaired) electrons. The van der Waals surface area contributed by atoms with Crippen LogP contribution in [0.3, 0.4) is 0 Å². The number of aromatic nitrogens is 1. The van der Waals surface area contributed by atoms with Gasteiger partial charge in [-0.05, 0) is 37.8 Å². The third kappa shape index (κ3) is 4.64. The number of amides is 1. The number of carbonyl (C=O) groups excluding carboxylic acids is 1. The van der Waals surface area contributed by atoms with Crippen LogP contribution in [0, 0.1) is 5.92 Å². The Bertz CT molecular complexity index is 387. The zero-order chi connectivity index (χ0) is 12.3. The molecule has 0 spiro atoms. The van der Waals surface area contributed by atoms with E-state index in [9.17, 15) is 4.79 Å². The predicted molar refractivity (Wildman–Crippen MR) is 81.0 cm³/mol. The maximum absolute atomic E-state index is 12.2. The smallest absolute Gasteiger partial charge is 0.255 e. The molecule has 2 N–H and O–H groups in total. The second-order valence-electron chi connectivity index (χ2n) is 4.75. The summed E-state index contributed by atoms with van der Waals surface area (Å²) < 4.78 is 0. The lowest BCUT2D eigenvalue weighted by atomic mass is 9.92. The molecule has 2 heterocycles. The lowest BCUT2D eigenvalue weighted by Crippen LogP contribution is -2.45. The highest BCUT2D eigenvalue weighted by Gasteiger charge is 2.26. The number of carbonyl (C=O) groups is 1. The lowest BCUT2D eigenvalue weighted by molar-refractivity contribution is 0.0660. The number of halogens is 2. The van der Waals surface area contributed by atoms with E-state index in [-0.39, 0.29) is 36.8 Å². The van der Waals surface area contributed by atoms with E-state index < -0.39 is 0 Å². The zero-order valence-corrected chi connectivity index (χ0v) is 12.6. The molecule has 0 aromatic carbocycles. The van der Waals surface area contributed by atoms with E-state index in [1.807, 2.05) is 17.9 Å². The van der Waals surface area contributed by atoms with Gasteiger partial charge in [0.1, 0.15) is 0 Å². The molecule has 0 aliphatic carbocycles. The molecule has 2 atom stereocenters. The van der Waals surface area contributed by atoms with Gasteiger partial charge in [0.25, 0.3) is 5.91 Å². The van der Waals surface area contributed by atoms with Crippen LogP contribution >= 0.6 is 24.8 Å². The number of nitrogens with zero attached hydrogens (tertiary/aromatic N) is 2. The van der Waals surface area contributed by atoms with Gasteiger partial charge in [-0.15, -0.1) is 24.8 Å². The van der Waals surface area contributed by atoms with E-state index in [1.54, 1.807) is 18.5 Å². The summed E-state index contributed by atoms with van der Waals surface area (Å²) in [5.74, 6) is 0.493. The second kappa shape index (κ2) is 8.35. The van der Waals surface area contributed by atoms with Crippen molar-refractivity contribution in [1.82, 2.24) is 9.88 Å². The first-order valence-corrected chi connectivity index (χ1v) is 6.13. The van der Waals surface area contributed by atoms with E-state index in [0.717, 1.165) is 25.9 Å². The largest absolute Gasteiger partial charge is 0.338 e. The fourth-order valence-electron chi connectivity index (χ4n) is 2.30. The van der Waals surface area contributed by atoms with E-state index >= 15 is 0 Å². The minimum atomic E-state index is 0. The third-order valence-electron chi connectivity index (χ3n) is 3.40. The van der Waals surface area contributed by atoms with Crippen LogP contribution in [0.4, 0.5) is 0 Å². The Kier molecular flexibility index (Phi) is 7.99. The van der Waals surface area contributed by atoms with Gasteiger partial charge in [-0.1, -0.05) is 0 Å². The number of nitrogens with two attached hydrogens (primary N) is 1. The van der Waals surface area contributed by atoms with E-state index in [2.05, 4.69) is 4.98 Å². The first-order chi connectivity index (χ1) is 8.18. The molecule has 1 aliphatic rings. The number of piperidine rings is 1. The highest BCUT2D eigenvalue weighted by Crippen LogP contribution is 2.20. The molecule has 1 saturated heterocycles. The Balaban J connectivity index is 0.00000162. The summed E-state index contributed by atoms with van der Waals surface area (Å²) in [6.45, 7) is 3.62. The molecule has 1 amide bonds. The highest BCUT2D eigenvalue weighted by atomic mass is 35.5. The van der Waals surface area contributed by atoms with Crippen molar-refractivity contribution in [2.75, 3.05) is 13.1 Å². The number of hydrogen-bond donors (Lipinski definition) is 1. The van der Waals surface area contributed by atoms with Gasteiger partial charge in [0.05, 0.1) is 5.56 Å². The Morgan fingerprint density at radius 2 is 2.26 bits per heavy atom. The van der Waals surface area contributed by atoms with Gasteiger partial charge in [-0.2, -0.15) is 0 Å². The van der Waals surface area contributed by atoms with Gasteiger partial charge in [-0.3, -0.25) is 9.78 Å². The van der Waals surface area contributed by atoms with E-state index in [0.29, 0.717) is 11.5 Å². The third-order valence-corrected chi connectivity index (χ3v) is 3.40. The van der Waals surface area contributed by atoms with Crippen molar-refractivity contribution in [3.8, 4) is 0 Å². The van der Waals surface area contributed by atoms with Gasteiger partial charge < -0.3 is 10.6 Å². The Morgan fingerprint density at radius 3 is 2.84 bits per heavy atom. The van der Waals surface area contributed by atoms with E-state index in [4.69, 9.17) is 5.73 Å². The molecule has 19 heavy (non-hydrogen) atoms. The minimum Gasteiger partial charge on any atom is -0.338 e. The number of likely N-dealkylation sites (tertiary alicyclic amines) is 1. The standard InChI is InChI=1S/C13H19N3O.2ClH/c1-10(14)12-5-3-7-16(9-12)13(17)11-4-2-6-15-8-11;;/h2,4,6,8,10,12H,3,5,7,9,14H2,1H3;2*1H. The van der Waals surface area contributed by atoms with Gasteiger partial charge in [0.15, 0.2) is 0 Å². The van der Waals surface area contributed by atoms with Crippen molar-refractivity contribution in [3.05, 3.63) is 30.1 Å². The van der Waals surface area contributed by atoms with Crippen molar-refractivity contribution in [2.45, 2.75) is 25.8 Å². The molecule has 108 valence electrons. The molecule has 2 rings (SSSR count). The van der Waals surface area contributed by atoms with Crippen LogP contribution < -0.4 is 5.73 Å². The molecule has 1 aliphatic heterocycles. The van der Waals surface area contributed by atoms with Crippen LogP contribution in [0.25, 0.3) is 0 Å². The molecular weight excluding hydrogens is 285 g/mol. The number of hydrogen-bond acceptors (Lipinski definition) is 3. The fraction of sp³-hybridized carbons (Fsp3) is 0.538. The van der Waals surface area contributed by atoms with Crippen molar-refractivity contribution in [2.24, 2.45) is 11.7 Å². The predicted octanol–water partition coefficient (Wildman–Crippen LogP) is 2.12. The maximum atomic E-state index is 12.2. The van der Waals surface area contributed by atoms with Crippen LogP contribution in [-0.4, -0.2) is 34.9 Å². The zero-order valence-electron chi connectivity index (χ0n) is 11.0. The Morgan fingerprint density at radius 1 is 1.53 bits per heavy atom. The molecule has 4 nitrogen and oxygen atoms in total. The summed E-state index contributed by atoms with van der Waals surface area (Å²) in [4.78, 5) is 18.1. The van der Waals surface area contributed by atoms with E-state index in [1.165, 1.54) is 0 Å². The van der Waals surface area contributed by atoms with Crippen LogP contribution in [0.5, 0.6) is 0 Å².